The molecule has 1 atom stereocenters. The van der Waals surface area contributed by atoms with Crippen LogP contribution in [0.5, 0.6) is 23.0 Å². The molecule has 0 radical (unpaired) electrons. The summed E-state index contributed by atoms with van der Waals surface area (Å²) in [6, 6.07) is 8.92. The van der Waals surface area contributed by atoms with Crippen LogP contribution in [-0.4, -0.2) is 47.3 Å². The normalized spacial score (nSPS) is 16.5. The van der Waals surface area contributed by atoms with E-state index in [1.165, 1.54) is 24.3 Å². The van der Waals surface area contributed by atoms with Crippen LogP contribution >= 0.6 is 0 Å². The number of nitro benzene ring substituents is 1. The van der Waals surface area contributed by atoms with E-state index >= 15 is 0 Å². The molecule has 2 aromatic rings. The van der Waals surface area contributed by atoms with E-state index in [-0.39, 0.29) is 30.2 Å². The number of rotatable bonds is 14. The Bertz CT molecular complexity index is 1120. The second kappa shape index (κ2) is 12.9. The molecule has 1 aliphatic heterocycles. The Balaban J connectivity index is 2.04. The monoisotopic (exact) mass is 516 g/mol. The first-order valence-corrected chi connectivity index (χ1v) is 12.3. The number of carbonyl (C=O) groups is 1. The Labute approximate surface area is 215 Å². The fraction of sp³-hybridized carbons (Fsp3) is 0.462. The van der Waals surface area contributed by atoms with Gasteiger partial charge in [0.15, 0.2) is 0 Å². The van der Waals surface area contributed by atoms with Gasteiger partial charge in [-0.3, -0.25) is 10.1 Å². The van der Waals surface area contributed by atoms with Gasteiger partial charge in [-0.15, -0.1) is 0 Å². The highest BCUT2D eigenvalue weighted by molar-refractivity contribution is 6.08. The van der Waals surface area contributed by atoms with Gasteiger partial charge in [0.05, 0.1) is 36.7 Å². The number of nitrogens with zero attached hydrogens (tertiary/aromatic N) is 2. The highest BCUT2D eigenvalue weighted by Crippen LogP contribution is 2.41. The molecule has 2 aromatic carbocycles. The number of carbonyl (C=O) groups excluding carboxylic acids is 1. The van der Waals surface area contributed by atoms with Crippen molar-refractivity contribution in [3.63, 3.8) is 0 Å². The number of nitro groups is 1. The van der Waals surface area contributed by atoms with Gasteiger partial charge in [0, 0.05) is 24.3 Å². The van der Waals surface area contributed by atoms with Gasteiger partial charge in [-0.1, -0.05) is 31.8 Å². The van der Waals surface area contributed by atoms with Gasteiger partial charge in [0.2, 0.25) is 0 Å². The quantitative estimate of drug-likeness (QED) is 0.157. The number of esters is 1. The lowest BCUT2D eigenvalue weighted by Gasteiger charge is -2.19. The summed E-state index contributed by atoms with van der Waals surface area (Å²) < 4.78 is 23.0. The van der Waals surface area contributed by atoms with Crippen molar-refractivity contribution in [2.75, 3.05) is 19.8 Å². The third-order valence-electron chi connectivity index (χ3n) is 5.43. The van der Waals surface area contributed by atoms with Crippen molar-refractivity contribution < 1.29 is 38.6 Å². The van der Waals surface area contributed by atoms with Gasteiger partial charge in [0.25, 0.3) is 5.69 Å². The molecule has 1 heterocycles. The van der Waals surface area contributed by atoms with Crippen molar-refractivity contribution in [1.29, 1.82) is 0 Å². The smallest absolute Gasteiger partial charge is 0.382 e. The Morgan fingerprint density at radius 2 is 1.70 bits per heavy atom. The lowest BCUT2D eigenvalue weighted by Crippen LogP contribution is -2.40. The molecule has 37 heavy (non-hydrogen) atoms. The van der Waals surface area contributed by atoms with Crippen LogP contribution in [-0.2, 0) is 14.4 Å². The summed E-state index contributed by atoms with van der Waals surface area (Å²) >= 11 is 0. The minimum absolute atomic E-state index is 0.0590. The van der Waals surface area contributed by atoms with E-state index in [9.17, 15) is 20.0 Å². The Morgan fingerprint density at radius 3 is 2.32 bits per heavy atom. The Morgan fingerprint density at radius 1 is 1.05 bits per heavy atom. The third kappa shape index (κ3) is 7.10. The van der Waals surface area contributed by atoms with Crippen molar-refractivity contribution in [3.8, 4) is 23.0 Å². The minimum atomic E-state index is -2.28. The maximum Gasteiger partial charge on any atom is 0.382 e. The van der Waals surface area contributed by atoms with Crippen molar-refractivity contribution in [3.05, 3.63) is 52.1 Å². The number of hydrogen-bond donors (Lipinski definition) is 1. The lowest BCUT2D eigenvalue weighted by atomic mass is 10.0. The maximum absolute atomic E-state index is 12.3. The molecule has 0 saturated heterocycles. The van der Waals surface area contributed by atoms with Crippen molar-refractivity contribution in [1.82, 2.24) is 0 Å². The summed E-state index contributed by atoms with van der Waals surface area (Å²) in [6.45, 7) is 6.64. The Hall–Kier alpha value is -3.86. The molecule has 3 rings (SSSR count). The molecule has 0 fully saturated rings. The van der Waals surface area contributed by atoms with Crippen molar-refractivity contribution in [2.45, 2.75) is 58.7 Å². The number of benzene rings is 2. The number of aliphatic hydroxyl groups is 1. The molecule has 0 bridgehead atoms. The van der Waals surface area contributed by atoms with Crippen molar-refractivity contribution in [2.24, 2.45) is 5.16 Å². The number of ether oxygens (including phenoxy) is 4. The van der Waals surface area contributed by atoms with E-state index in [0.29, 0.717) is 36.0 Å². The number of non-ortho nitro benzene ring substituents is 1. The van der Waals surface area contributed by atoms with E-state index in [0.717, 1.165) is 25.7 Å². The van der Waals surface area contributed by atoms with Crippen LogP contribution in [0.2, 0.25) is 0 Å². The minimum Gasteiger partial charge on any atom is -0.493 e. The first-order chi connectivity index (χ1) is 17.8. The van der Waals surface area contributed by atoms with Crippen LogP contribution in [0.15, 0.2) is 41.6 Å². The fourth-order valence-electron chi connectivity index (χ4n) is 3.46. The molecule has 0 spiro atoms. The second-order valence-electron chi connectivity index (χ2n) is 8.36. The average molecular weight is 517 g/mol. The van der Waals surface area contributed by atoms with Crippen LogP contribution < -0.4 is 14.2 Å². The summed E-state index contributed by atoms with van der Waals surface area (Å²) in [6.07, 6.45) is 3.18. The molecule has 0 aliphatic carbocycles. The molecule has 11 nitrogen and oxygen atoms in total. The zero-order valence-electron chi connectivity index (χ0n) is 21.2. The predicted molar refractivity (Wildman–Crippen MR) is 134 cm³/mol. The third-order valence-corrected chi connectivity index (χ3v) is 5.43. The molecule has 1 aliphatic rings. The predicted octanol–water partition coefficient (Wildman–Crippen LogP) is 5.12. The van der Waals surface area contributed by atoms with Gasteiger partial charge in [-0.05, 0) is 31.9 Å². The van der Waals surface area contributed by atoms with E-state index in [2.05, 4.69) is 12.1 Å². The summed E-state index contributed by atoms with van der Waals surface area (Å²) in [5, 5.41) is 25.7. The van der Waals surface area contributed by atoms with Gasteiger partial charge >= 0.3 is 11.8 Å². The van der Waals surface area contributed by atoms with E-state index in [4.69, 9.17) is 23.8 Å². The standard InChI is InChI=1S/C26H32N2O9/c1-4-7-13-34-20-15-22(35-14-8-5-2)24(21-17-26(30,37-27-21)25(29)33-6-3)23(16-20)36-19-11-9-18(10-12-19)28(31)32/h9-12,15-16,30H,4-8,13-14,17H2,1-3H3. The number of oxime groups is 1. The molecule has 1 unspecified atom stereocenters. The topological polar surface area (TPSA) is 139 Å². The zero-order valence-corrected chi connectivity index (χ0v) is 21.2. The molecule has 0 aromatic heterocycles. The molecule has 11 heteroatoms. The van der Waals surface area contributed by atoms with E-state index in [1.807, 2.05) is 6.92 Å². The number of hydrogen-bond acceptors (Lipinski definition) is 10. The maximum atomic E-state index is 12.3. The second-order valence-corrected chi connectivity index (χ2v) is 8.36. The lowest BCUT2D eigenvalue weighted by molar-refractivity contribution is -0.384. The molecule has 200 valence electrons. The first-order valence-electron chi connectivity index (χ1n) is 12.3. The molecular formula is C26H32N2O9. The van der Waals surface area contributed by atoms with Crippen LogP contribution in [0.3, 0.4) is 0 Å². The van der Waals surface area contributed by atoms with Gasteiger partial charge in [0.1, 0.15) is 28.7 Å². The van der Waals surface area contributed by atoms with E-state index in [1.54, 1.807) is 19.1 Å². The summed E-state index contributed by atoms with van der Waals surface area (Å²) in [5.74, 6) is -1.82. The van der Waals surface area contributed by atoms with Crippen LogP contribution in [0.25, 0.3) is 0 Å². The van der Waals surface area contributed by atoms with Gasteiger partial charge in [-0.2, -0.15) is 0 Å². The fourth-order valence-corrected chi connectivity index (χ4v) is 3.46. The highest BCUT2D eigenvalue weighted by atomic mass is 16.8. The highest BCUT2D eigenvalue weighted by Gasteiger charge is 2.48. The van der Waals surface area contributed by atoms with Crippen LogP contribution in [0.4, 0.5) is 5.69 Å². The SMILES string of the molecule is CCCCOc1cc(OCCCC)c(C2=NOC(O)(C(=O)OCC)C2)c(Oc2ccc([N+](=O)[O-])cc2)c1. The van der Waals surface area contributed by atoms with Crippen LogP contribution in [0, 0.1) is 10.1 Å². The average Bonchev–Trinajstić information content (AvgIpc) is 3.27. The first kappa shape index (κ1) is 27.7. The summed E-state index contributed by atoms with van der Waals surface area (Å²) in [5.41, 5.74) is 0.484. The summed E-state index contributed by atoms with van der Waals surface area (Å²) in [4.78, 5) is 27.9. The molecular weight excluding hydrogens is 484 g/mol. The van der Waals surface area contributed by atoms with Gasteiger partial charge in [-0.25, -0.2) is 4.79 Å². The summed E-state index contributed by atoms with van der Waals surface area (Å²) in [7, 11) is 0. The molecule has 0 saturated carbocycles. The zero-order chi connectivity index (χ0) is 26.8. The molecule has 0 amide bonds. The van der Waals surface area contributed by atoms with Gasteiger partial charge < -0.3 is 28.9 Å². The Kier molecular flexibility index (Phi) is 9.67. The largest absolute Gasteiger partial charge is 0.493 e. The number of unbranched alkanes of at least 4 members (excludes halogenated alkanes) is 2. The van der Waals surface area contributed by atoms with Crippen LogP contribution in [0.1, 0.15) is 58.4 Å². The van der Waals surface area contributed by atoms with Crippen molar-refractivity contribution >= 4 is 17.4 Å². The van der Waals surface area contributed by atoms with E-state index < -0.39 is 16.7 Å². The molecule has 1 N–H and O–H groups in total.